The average Bonchev–Trinajstić information content (AvgIpc) is 2.59. The van der Waals surface area contributed by atoms with E-state index in [1.165, 1.54) is 0 Å². The highest BCUT2D eigenvalue weighted by Crippen LogP contribution is 2.23. The van der Waals surface area contributed by atoms with Crippen molar-refractivity contribution < 1.29 is 9.90 Å². The molecule has 0 saturated heterocycles. The van der Waals surface area contributed by atoms with E-state index in [9.17, 15) is 4.79 Å². The maximum absolute atomic E-state index is 11.1. The van der Waals surface area contributed by atoms with E-state index in [-0.39, 0.29) is 0 Å². The van der Waals surface area contributed by atoms with Gasteiger partial charge in [-0.2, -0.15) is 0 Å². The molecule has 0 unspecified atom stereocenters. The van der Waals surface area contributed by atoms with Crippen LogP contribution >= 0.6 is 0 Å². The molecule has 0 aliphatic rings. The van der Waals surface area contributed by atoms with E-state index >= 15 is 0 Å². The zero-order valence-electron chi connectivity index (χ0n) is 8.37. The van der Waals surface area contributed by atoms with E-state index in [1.807, 2.05) is 25.1 Å². The van der Waals surface area contributed by atoms with Gasteiger partial charge in [0, 0.05) is 11.1 Å². The van der Waals surface area contributed by atoms with Crippen LogP contribution in [0.15, 0.2) is 24.3 Å². The topological polar surface area (TPSA) is 65.1 Å². The molecule has 0 radical (unpaired) electrons. The molecular formula is C11H12N2O2. The van der Waals surface area contributed by atoms with Crippen LogP contribution in [0.2, 0.25) is 0 Å². The Morgan fingerprint density at radius 1 is 1.53 bits per heavy atom. The molecule has 1 amide bonds. The molecule has 0 aliphatic carbocycles. The number of fused-ring (bicyclic) bond motifs is 1. The van der Waals surface area contributed by atoms with Gasteiger partial charge < -0.3 is 15.4 Å². The number of hydrogen-bond donors (Lipinski definition) is 3. The van der Waals surface area contributed by atoms with Crippen LogP contribution in [0.5, 0.6) is 0 Å². The van der Waals surface area contributed by atoms with Crippen LogP contribution in [0.3, 0.4) is 0 Å². The lowest BCUT2D eigenvalue weighted by molar-refractivity contribution is -0.118. The molecule has 0 saturated carbocycles. The minimum absolute atomic E-state index is 0.408. The number of benzene rings is 1. The summed E-state index contributed by atoms with van der Waals surface area (Å²) in [5.41, 5.74) is 2.62. The third kappa shape index (κ3) is 1.85. The summed E-state index contributed by atoms with van der Waals surface area (Å²) >= 11 is 0. The predicted molar refractivity (Wildman–Crippen MR) is 58.8 cm³/mol. The van der Waals surface area contributed by atoms with Gasteiger partial charge in [0.25, 0.3) is 0 Å². The third-order valence-corrected chi connectivity index (χ3v) is 2.21. The molecule has 0 spiro atoms. The van der Waals surface area contributed by atoms with Gasteiger partial charge in [0.15, 0.2) is 0 Å². The standard InChI is InChI=1S/C11H12N2O2/c1-7-5-8-3-2-4-9(11(8)12-7)13-10(15)6-14/h2-5,12,14H,6H2,1H3,(H,13,15). The molecule has 3 N–H and O–H groups in total. The van der Waals surface area contributed by atoms with E-state index in [0.29, 0.717) is 5.69 Å². The average molecular weight is 204 g/mol. The second-order valence-electron chi connectivity index (χ2n) is 3.43. The van der Waals surface area contributed by atoms with Crippen molar-refractivity contribution in [3.05, 3.63) is 30.0 Å². The first-order valence-corrected chi connectivity index (χ1v) is 4.70. The minimum Gasteiger partial charge on any atom is -0.387 e. The Morgan fingerprint density at radius 2 is 2.33 bits per heavy atom. The molecular weight excluding hydrogens is 192 g/mol. The van der Waals surface area contributed by atoms with Gasteiger partial charge in [0.05, 0.1) is 11.2 Å². The van der Waals surface area contributed by atoms with E-state index in [1.54, 1.807) is 6.07 Å². The largest absolute Gasteiger partial charge is 0.387 e. The number of rotatable bonds is 2. The summed E-state index contributed by atoms with van der Waals surface area (Å²) in [5.74, 6) is -0.408. The number of nitrogens with one attached hydrogen (secondary N) is 2. The first-order chi connectivity index (χ1) is 7.20. The number of aliphatic hydroxyl groups excluding tert-OH is 1. The number of hydrogen-bond acceptors (Lipinski definition) is 2. The number of aromatic nitrogens is 1. The first kappa shape index (κ1) is 9.73. The van der Waals surface area contributed by atoms with Crippen LogP contribution in [0.1, 0.15) is 5.69 Å². The van der Waals surface area contributed by atoms with Crippen molar-refractivity contribution in [3.63, 3.8) is 0 Å². The van der Waals surface area contributed by atoms with E-state index in [0.717, 1.165) is 16.6 Å². The van der Waals surface area contributed by atoms with Gasteiger partial charge in [0.1, 0.15) is 6.61 Å². The molecule has 1 aromatic heterocycles. The van der Waals surface area contributed by atoms with Gasteiger partial charge in [0.2, 0.25) is 5.91 Å². The lowest BCUT2D eigenvalue weighted by Crippen LogP contribution is -2.15. The molecule has 0 bridgehead atoms. The summed E-state index contributed by atoms with van der Waals surface area (Å²) in [6.45, 7) is 1.45. The molecule has 1 aromatic carbocycles. The van der Waals surface area contributed by atoms with Crippen LogP contribution in [0.4, 0.5) is 5.69 Å². The number of aliphatic hydroxyl groups is 1. The van der Waals surface area contributed by atoms with Gasteiger partial charge in [-0.3, -0.25) is 4.79 Å². The number of H-pyrrole nitrogens is 1. The van der Waals surface area contributed by atoms with Crippen molar-refractivity contribution in [2.75, 3.05) is 11.9 Å². The van der Waals surface area contributed by atoms with Crippen molar-refractivity contribution in [3.8, 4) is 0 Å². The number of carbonyl (C=O) groups is 1. The normalized spacial score (nSPS) is 10.5. The SMILES string of the molecule is Cc1cc2cccc(NC(=O)CO)c2[nH]1. The van der Waals surface area contributed by atoms with Crippen molar-refractivity contribution >= 4 is 22.5 Å². The fourth-order valence-electron chi connectivity index (χ4n) is 1.59. The number of para-hydroxylation sites is 1. The Bertz CT molecular complexity index is 502. The molecule has 0 atom stereocenters. The molecule has 4 nitrogen and oxygen atoms in total. The summed E-state index contributed by atoms with van der Waals surface area (Å²) in [6.07, 6.45) is 0. The highest BCUT2D eigenvalue weighted by molar-refractivity contribution is 6.01. The number of anilines is 1. The quantitative estimate of drug-likeness (QED) is 0.692. The summed E-state index contributed by atoms with van der Waals surface area (Å²) in [5, 5.41) is 12.3. The van der Waals surface area contributed by atoms with Crippen molar-refractivity contribution in [2.24, 2.45) is 0 Å². The van der Waals surface area contributed by atoms with Crippen molar-refractivity contribution in [2.45, 2.75) is 6.92 Å². The van der Waals surface area contributed by atoms with Gasteiger partial charge in [-0.15, -0.1) is 0 Å². The Hall–Kier alpha value is -1.81. The van der Waals surface area contributed by atoms with E-state index < -0.39 is 12.5 Å². The fourth-order valence-corrected chi connectivity index (χ4v) is 1.59. The monoisotopic (exact) mass is 204 g/mol. The number of aromatic amines is 1. The van der Waals surface area contributed by atoms with Gasteiger partial charge in [-0.25, -0.2) is 0 Å². The van der Waals surface area contributed by atoms with Gasteiger partial charge in [-0.05, 0) is 19.1 Å². The predicted octanol–water partition coefficient (Wildman–Crippen LogP) is 1.41. The highest BCUT2D eigenvalue weighted by atomic mass is 16.3. The minimum atomic E-state index is -0.504. The van der Waals surface area contributed by atoms with Crippen LogP contribution in [-0.4, -0.2) is 22.6 Å². The molecule has 2 aromatic rings. The number of aryl methyl sites for hydroxylation is 1. The first-order valence-electron chi connectivity index (χ1n) is 4.70. The Labute approximate surface area is 86.9 Å². The lowest BCUT2D eigenvalue weighted by atomic mass is 10.2. The molecule has 1 heterocycles. The second-order valence-corrected chi connectivity index (χ2v) is 3.43. The van der Waals surface area contributed by atoms with Crippen LogP contribution in [0, 0.1) is 6.92 Å². The maximum atomic E-state index is 11.1. The number of carbonyl (C=O) groups excluding carboxylic acids is 1. The van der Waals surface area contributed by atoms with Crippen LogP contribution in [-0.2, 0) is 4.79 Å². The smallest absolute Gasteiger partial charge is 0.250 e. The summed E-state index contributed by atoms with van der Waals surface area (Å²) in [6, 6.07) is 7.63. The van der Waals surface area contributed by atoms with Gasteiger partial charge >= 0.3 is 0 Å². The van der Waals surface area contributed by atoms with E-state index in [2.05, 4.69) is 10.3 Å². The van der Waals surface area contributed by atoms with E-state index in [4.69, 9.17) is 5.11 Å². The zero-order valence-corrected chi connectivity index (χ0v) is 8.37. The third-order valence-electron chi connectivity index (χ3n) is 2.21. The Balaban J connectivity index is 2.46. The highest BCUT2D eigenvalue weighted by Gasteiger charge is 2.05. The molecule has 2 rings (SSSR count). The van der Waals surface area contributed by atoms with Crippen molar-refractivity contribution in [1.82, 2.24) is 4.98 Å². The second kappa shape index (κ2) is 3.74. The molecule has 4 heteroatoms. The Morgan fingerprint density at radius 3 is 3.07 bits per heavy atom. The molecule has 78 valence electrons. The number of amides is 1. The summed E-state index contributed by atoms with van der Waals surface area (Å²) in [7, 11) is 0. The van der Waals surface area contributed by atoms with Crippen LogP contribution < -0.4 is 5.32 Å². The zero-order chi connectivity index (χ0) is 10.8. The van der Waals surface area contributed by atoms with Crippen LogP contribution in [0.25, 0.3) is 10.9 Å². The lowest BCUT2D eigenvalue weighted by Gasteiger charge is -2.04. The fraction of sp³-hybridized carbons (Fsp3) is 0.182. The molecule has 0 aliphatic heterocycles. The summed E-state index contributed by atoms with van der Waals surface area (Å²) in [4.78, 5) is 14.2. The molecule has 0 fully saturated rings. The van der Waals surface area contributed by atoms with Gasteiger partial charge in [-0.1, -0.05) is 12.1 Å². The Kier molecular flexibility index (Phi) is 2.43. The van der Waals surface area contributed by atoms with Crippen molar-refractivity contribution in [1.29, 1.82) is 0 Å². The maximum Gasteiger partial charge on any atom is 0.250 e. The molecule has 15 heavy (non-hydrogen) atoms. The summed E-state index contributed by atoms with van der Waals surface area (Å²) < 4.78 is 0.